The summed E-state index contributed by atoms with van der Waals surface area (Å²) in [6.45, 7) is 0. The standard InChI is InChI=1S/C15H12N2O2/c18-15(17-19)12-6-3-5-10(8-12)14-9-11-4-1-2-7-13(11)16-14/h1-8,19H,9H2,(H,17,18). The Morgan fingerprint density at radius 2 is 2.00 bits per heavy atom. The summed E-state index contributed by atoms with van der Waals surface area (Å²) < 4.78 is 0. The Bertz CT molecular complexity index is 677. The SMILES string of the molecule is O=C(NO)c1cccc(C2=Nc3ccccc3C2)c1. The number of rotatable bonds is 2. The van der Waals surface area contributed by atoms with Gasteiger partial charge in [0.2, 0.25) is 0 Å². The van der Waals surface area contributed by atoms with Crippen LogP contribution < -0.4 is 5.48 Å². The summed E-state index contributed by atoms with van der Waals surface area (Å²) in [6, 6.07) is 15.1. The highest BCUT2D eigenvalue weighted by molar-refractivity contribution is 6.07. The molecular formula is C15H12N2O2. The summed E-state index contributed by atoms with van der Waals surface area (Å²) >= 11 is 0. The van der Waals surface area contributed by atoms with Crippen LogP contribution in [-0.2, 0) is 6.42 Å². The Morgan fingerprint density at radius 1 is 1.16 bits per heavy atom. The Morgan fingerprint density at radius 3 is 2.79 bits per heavy atom. The monoisotopic (exact) mass is 252 g/mol. The smallest absolute Gasteiger partial charge is 0.274 e. The van der Waals surface area contributed by atoms with Crippen LogP contribution in [0.2, 0.25) is 0 Å². The zero-order valence-electron chi connectivity index (χ0n) is 10.1. The topological polar surface area (TPSA) is 61.7 Å². The molecule has 0 saturated carbocycles. The van der Waals surface area contributed by atoms with E-state index in [1.165, 1.54) is 5.56 Å². The highest BCUT2D eigenvalue weighted by Gasteiger charge is 2.16. The summed E-state index contributed by atoms with van der Waals surface area (Å²) in [5, 5.41) is 8.66. The molecule has 19 heavy (non-hydrogen) atoms. The van der Waals surface area contributed by atoms with Gasteiger partial charge in [-0.2, -0.15) is 0 Å². The van der Waals surface area contributed by atoms with Crippen LogP contribution in [-0.4, -0.2) is 16.8 Å². The van der Waals surface area contributed by atoms with Crippen LogP contribution >= 0.6 is 0 Å². The number of carbonyl (C=O) groups excluding carboxylic acids is 1. The number of hydrogen-bond acceptors (Lipinski definition) is 3. The second-order valence-corrected chi connectivity index (χ2v) is 4.39. The molecule has 2 N–H and O–H groups in total. The minimum absolute atomic E-state index is 0.415. The Hall–Kier alpha value is -2.46. The van der Waals surface area contributed by atoms with E-state index in [4.69, 9.17) is 5.21 Å². The number of fused-ring (bicyclic) bond motifs is 1. The van der Waals surface area contributed by atoms with Gasteiger partial charge in [0.15, 0.2) is 0 Å². The van der Waals surface area contributed by atoms with E-state index in [1.54, 1.807) is 23.7 Å². The Labute approximate surface area is 110 Å². The van der Waals surface area contributed by atoms with Crippen molar-refractivity contribution >= 4 is 17.3 Å². The van der Waals surface area contributed by atoms with Crippen molar-refractivity contribution in [1.82, 2.24) is 5.48 Å². The second kappa shape index (κ2) is 4.66. The highest BCUT2D eigenvalue weighted by Crippen LogP contribution is 2.28. The first-order valence-corrected chi connectivity index (χ1v) is 5.98. The summed E-state index contributed by atoms with van der Waals surface area (Å²) in [5.41, 5.74) is 6.06. The molecule has 4 heteroatoms. The van der Waals surface area contributed by atoms with Gasteiger partial charge in [-0.15, -0.1) is 0 Å². The van der Waals surface area contributed by atoms with E-state index >= 15 is 0 Å². The second-order valence-electron chi connectivity index (χ2n) is 4.39. The number of nitrogens with one attached hydrogen (secondary N) is 1. The van der Waals surface area contributed by atoms with Crippen molar-refractivity contribution in [3.63, 3.8) is 0 Å². The molecule has 0 atom stereocenters. The third-order valence-electron chi connectivity index (χ3n) is 3.16. The highest BCUT2D eigenvalue weighted by atomic mass is 16.5. The number of aliphatic imine (C=N–C) groups is 1. The number of para-hydroxylation sites is 1. The lowest BCUT2D eigenvalue weighted by atomic mass is 10.0. The van der Waals surface area contributed by atoms with E-state index in [2.05, 4.69) is 11.1 Å². The average Bonchev–Trinajstić information content (AvgIpc) is 2.90. The first-order chi connectivity index (χ1) is 9.28. The molecule has 0 unspecified atom stereocenters. The summed E-state index contributed by atoms with van der Waals surface area (Å²) in [6.07, 6.45) is 0.764. The van der Waals surface area contributed by atoms with Gasteiger partial charge in [0, 0.05) is 12.0 Å². The maximum atomic E-state index is 11.4. The van der Waals surface area contributed by atoms with Crippen LogP contribution in [0, 0.1) is 0 Å². The number of hydroxylamine groups is 1. The minimum Gasteiger partial charge on any atom is -0.288 e. The molecule has 1 heterocycles. The van der Waals surface area contributed by atoms with Gasteiger partial charge in [0.05, 0.1) is 11.4 Å². The molecule has 1 amide bonds. The number of nitrogens with zero attached hydrogens (tertiary/aromatic N) is 1. The fraction of sp³-hybridized carbons (Fsp3) is 0.0667. The molecule has 0 radical (unpaired) electrons. The first kappa shape index (κ1) is 11.6. The molecule has 1 aliphatic rings. The fourth-order valence-corrected chi connectivity index (χ4v) is 2.21. The average molecular weight is 252 g/mol. The van der Waals surface area contributed by atoms with Crippen LogP contribution in [0.1, 0.15) is 21.5 Å². The third-order valence-corrected chi connectivity index (χ3v) is 3.16. The molecule has 0 fully saturated rings. The summed E-state index contributed by atoms with van der Waals surface area (Å²) in [5.74, 6) is -0.516. The molecule has 0 saturated heterocycles. The van der Waals surface area contributed by atoms with Gasteiger partial charge < -0.3 is 0 Å². The number of carbonyl (C=O) groups is 1. The zero-order valence-corrected chi connectivity index (χ0v) is 10.1. The molecule has 2 aromatic carbocycles. The molecule has 0 spiro atoms. The maximum absolute atomic E-state index is 11.4. The summed E-state index contributed by atoms with van der Waals surface area (Å²) in [7, 11) is 0. The maximum Gasteiger partial charge on any atom is 0.274 e. The van der Waals surface area contributed by atoms with E-state index in [-0.39, 0.29) is 0 Å². The van der Waals surface area contributed by atoms with Gasteiger partial charge >= 0.3 is 0 Å². The van der Waals surface area contributed by atoms with Gasteiger partial charge in [-0.3, -0.25) is 15.0 Å². The Balaban J connectivity index is 1.95. The summed E-state index contributed by atoms with van der Waals surface area (Å²) in [4.78, 5) is 16.0. The zero-order chi connectivity index (χ0) is 13.2. The molecule has 0 bridgehead atoms. The van der Waals surface area contributed by atoms with E-state index < -0.39 is 5.91 Å². The minimum atomic E-state index is -0.516. The fourth-order valence-electron chi connectivity index (χ4n) is 2.21. The van der Waals surface area contributed by atoms with Crippen molar-refractivity contribution in [2.45, 2.75) is 6.42 Å². The first-order valence-electron chi connectivity index (χ1n) is 5.98. The van der Waals surface area contributed by atoms with E-state index in [9.17, 15) is 4.79 Å². The van der Waals surface area contributed by atoms with Crippen molar-refractivity contribution in [2.24, 2.45) is 4.99 Å². The van der Waals surface area contributed by atoms with E-state index in [0.717, 1.165) is 23.4 Å². The molecule has 0 aromatic heterocycles. The Kier molecular flexibility index (Phi) is 2.85. The van der Waals surface area contributed by atoms with Gasteiger partial charge in [-0.1, -0.05) is 30.3 Å². The molecule has 4 nitrogen and oxygen atoms in total. The van der Waals surface area contributed by atoms with Crippen LogP contribution in [0.5, 0.6) is 0 Å². The molecule has 1 aliphatic heterocycles. The van der Waals surface area contributed by atoms with Crippen LogP contribution in [0.4, 0.5) is 5.69 Å². The van der Waals surface area contributed by atoms with Crippen LogP contribution in [0.25, 0.3) is 0 Å². The van der Waals surface area contributed by atoms with Crippen molar-refractivity contribution < 1.29 is 10.0 Å². The molecule has 94 valence electrons. The van der Waals surface area contributed by atoms with Gasteiger partial charge in [-0.25, -0.2) is 5.48 Å². The molecule has 2 aromatic rings. The molecule has 3 rings (SSSR count). The lowest BCUT2D eigenvalue weighted by Crippen LogP contribution is -2.19. The van der Waals surface area contributed by atoms with Crippen molar-refractivity contribution in [3.05, 3.63) is 65.2 Å². The van der Waals surface area contributed by atoms with E-state index in [0.29, 0.717) is 5.56 Å². The number of hydrogen-bond donors (Lipinski definition) is 2. The van der Waals surface area contributed by atoms with Gasteiger partial charge in [0.1, 0.15) is 0 Å². The third kappa shape index (κ3) is 2.13. The number of amides is 1. The number of benzene rings is 2. The van der Waals surface area contributed by atoms with Crippen molar-refractivity contribution in [1.29, 1.82) is 0 Å². The van der Waals surface area contributed by atoms with Crippen LogP contribution in [0.15, 0.2) is 53.5 Å². The normalized spacial score (nSPS) is 12.8. The van der Waals surface area contributed by atoms with Crippen molar-refractivity contribution in [3.8, 4) is 0 Å². The van der Waals surface area contributed by atoms with Crippen LogP contribution in [0.3, 0.4) is 0 Å². The lowest BCUT2D eigenvalue weighted by molar-refractivity contribution is 0.0706. The van der Waals surface area contributed by atoms with Gasteiger partial charge in [-0.05, 0) is 29.3 Å². The van der Waals surface area contributed by atoms with Crippen molar-refractivity contribution in [2.75, 3.05) is 0 Å². The van der Waals surface area contributed by atoms with E-state index in [1.807, 2.05) is 24.3 Å². The lowest BCUT2D eigenvalue weighted by Gasteiger charge is -2.03. The quantitative estimate of drug-likeness (QED) is 0.637. The largest absolute Gasteiger partial charge is 0.288 e. The predicted molar refractivity (Wildman–Crippen MR) is 72.0 cm³/mol. The molecular weight excluding hydrogens is 240 g/mol. The van der Waals surface area contributed by atoms with Gasteiger partial charge in [0.25, 0.3) is 5.91 Å². The predicted octanol–water partition coefficient (Wildman–Crippen LogP) is 2.48. The molecule has 0 aliphatic carbocycles.